The second kappa shape index (κ2) is 12.9. The van der Waals surface area contributed by atoms with Crippen LogP contribution < -0.4 is 14.0 Å². The van der Waals surface area contributed by atoms with E-state index in [1.807, 2.05) is 0 Å². The van der Waals surface area contributed by atoms with Gasteiger partial charge in [-0.25, -0.2) is 9.13 Å². The third-order valence-corrected chi connectivity index (χ3v) is 12.8. The van der Waals surface area contributed by atoms with Crippen molar-refractivity contribution in [1.29, 1.82) is 0 Å². The van der Waals surface area contributed by atoms with E-state index in [0.29, 0.717) is 0 Å². The lowest BCUT2D eigenvalue weighted by Gasteiger charge is -2.43. The van der Waals surface area contributed by atoms with Crippen molar-refractivity contribution < 1.29 is 14.0 Å². The zero-order valence-electron chi connectivity index (χ0n) is 31.5. The van der Waals surface area contributed by atoms with E-state index in [0.717, 1.165) is 50.4 Å². The van der Waals surface area contributed by atoms with Crippen LogP contribution in [0.2, 0.25) is 0 Å². The molecule has 6 aliphatic carbocycles. The van der Waals surface area contributed by atoms with E-state index in [1.165, 1.54) is 78.1 Å². The van der Waals surface area contributed by atoms with Crippen LogP contribution in [0.4, 0.5) is 0 Å². The number of rotatable bonds is 10. The number of hydrogen-bond donors (Lipinski definition) is 0. The molecule has 0 fully saturated rings. The lowest BCUT2D eigenvalue weighted by molar-refractivity contribution is -0.595. The van der Waals surface area contributed by atoms with Crippen molar-refractivity contribution in [2.24, 2.45) is 0 Å². The maximum atomic E-state index is 6.66. The predicted octanol–water partition coefficient (Wildman–Crippen LogP) is 11.1. The number of nitrogens with zero attached hydrogens (tertiary/aromatic N) is 2. The maximum Gasteiger partial charge on any atom is 0.254 e. The zero-order valence-corrected chi connectivity index (χ0v) is 31.5. The fourth-order valence-corrected chi connectivity index (χ4v) is 10.5. The molecule has 1 heterocycles. The van der Waals surface area contributed by atoms with Gasteiger partial charge in [0.15, 0.2) is 0 Å². The fourth-order valence-electron chi connectivity index (χ4n) is 10.5. The van der Waals surface area contributed by atoms with Gasteiger partial charge in [0.2, 0.25) is 0 Å². The highest BCUT2D eigenvalue weighted by Gasteiger charge is 2.47. The summed E-state index contributed by atoms with van der Waals surface area (Å²) in [6.45, 7) is 5.91. The summed E-state index contributed by atoms with van der Waals surface area (Å²) in [7, 11) is 0. The van der Waals surface area contributed by atoms with Crippen LogP contribution >= 0.6 is 0 Å². The molecule has 0 saturated carbocycles. The Kier molecular flexibility index (Phi) is 7.62. The summed E-state index contributed by atoms with van der Waals surface area (Å²) in [4.78, 5) is 0. The van der Waals surface area contributed by atoms with Gasteiger partial charge in [-0.2, -0.15) is 0 Å². The molecule has 0 atom stereocenters. The lowest BCUT2D eigenvalue weighted by atomic mass is 9.60. The van der Waals surface area contributed by atoms with E-state index < -0.39 is 0 Å². The van der Waals surface area contributed by atoms with Gasteiger partial charge in [-0.1, -0.05) is 124 Å². The molecule has 0 N–H and O–H groups in total. The molecule has 13 rings (SSSR count). The van der Waals surface area contributed by atoms with Gasteiger partial charge < -0.3 is 9.47 Å². The second-order valence-corrected chi connectivity index (χ2v) is 15.7. The Morgan fingerprint density at radius 2 is 0.873 bits per heavy atom. The van der Waals surface area contributed by atoms with Gasteiger partial charge in [-0.3, -0.25) is 0 Å². The van der Waals surface area contributed by atoms with Crippen molar-refractivity contribution in [1.82, 2.24) is 4.57 Å². The highest BCUT2D eigenvalue weighted by Crippen LogP contribution is 2.60. The largest absolute Gasteiger partial charge is 0.493 e. The summed E-state index contributed by atoms with van der Waals surface area (Å²) < 4.78 is 18.0. The summed E-state index contributed by atoms with van der Waals surface area (Å²) in [5.74, 6) is 2.57. The molecule has 1 aromatic heterocycles. The van der Waals surface area contributed by atoms with E-state index in [9.17, 15) is 0 Å². The highest BCUT2D eigenvalue weighted by molar-refractivity contribution is 5.75. The Morgan fingerprint density at radius 1 is 0.473 bits per heavy atom. The predicted molar refractivity (Wildman–Crippen MR) is 218 cm³/mol. The average molecular weight is 718 g/mol. The summed E-state index contributed by atoms with van der Waals surface area (Å²) >= 11 is 0. The number of hydrogen-bond acceptors (Lipinski definition) is 2. The summed E-state index contributed by atoms with van der Waals surface area (Å²) in [6.07, 6.45) is 11.1. The number of imidazole rings is 1. The molecular formula is C51H45N2O2+. The summed E-state index contributed by atoms with van der Waals surface area (Å²) in [6, 6.07) is 45.4. The molecule has 0 saturated heterocycles. The molecule has 0 unspecified atom stereocenters. The number of unbranched alkanes of at least 4 members (excludes halogenated alkanes) is 2. The van der Waals surface area contributed by atoms with Crippen molar-refractivity contribution in [2.45, 2.75) is 63.2 Å². The molecule has 0 radical (unpaired) electrons. The van der Waals surface area contributed by atoms with E-state index >= 15 is 0 Å². The second-order valence-electron chi connectivity index (χ2n) is 15.7. The third-order valence-electron chi connectivity index (χ3n) is 12.8. The van der Waals surface area contributed by atoms with Crippen LogP contribution in [0.1, 0.15) is 130 Å². The summed E-state index contributed by atoms with van der Waals surface area (Å²) in [5.41, 5.74) is 19.1. The number of benzene rings is 6. The van der Waals surface area contributed by atoms with Crippen LogP contribution in [0.3, 0.4) is 0 Å². The molecule has 270 valence electrons. The first-order chi connectivity index (χ1) is 27.3. The topological polar surface area (TPSA) is 27.3 Å². The first-order valence-corrected chi connectivity index (χ1v) is 20.3. The molecule has 0 aliphatic heterocycles. The van der Waals surface area contributed by atoms with Crippen molar-refractivity contribution in [3.05, 3.63) is 207 Å². The molecule has 7 aromatic rings. The van der Waals surface area contributed by atoms with Gasteiger partial charge in [0.1, 0.15) is 35.3 Å². The van der Waals surface area contributed by atoms with E-state index in [4.69, 9.17) is 9.47 Å². The van der Waals surface area contributed by atoms with Crippen molar-refractivity contribution in [3.63, 3.8) is 0 Å². The number of aromatic nitrogens is 2. The van der Waals surface area contributed by atoms with Gasteiger partial charge in [0.25, 0.3) is 6.33 Å². The van der Waals surface area contributed by atoms with Crippen LogP contribution in [0.25, 0.3) is 11.4 Å². The van der Waals surface area contributed by atoms with Crippen LogP contribution in [-0.4, -0.2) is 17.8 Å². The van der Waals surface area contributed by atoms with Crippen molar-refractivity contribution in [3.8, 4) is 22.9 Å². The molecule has 55 heavy (non-hydrogen) atoms. The third kappa shape index (κ3) is 4.73. The molecular weight excluding hydrogens is 673 g/mol. The Labute approximate surface area is 323 Å². The monoisotopic (exact) mass is 717 g/mol. The van der Waals surface area contributed by atoms with Crippen LogP contribution in [-0.2, 0) is 0 Å². The normalized spacial score (nSPS) is 18.8. The van der Waals surface area contributed by atoms with Crippen LogP contribution in [0.15, 0.2) is 140 Å². The van der Waals surface area contributed by atoms with E-state index in [1.54, 1.807) is 0 Å². The first kappa shape index (κ1) is 32.6. The molecule has 4 bridgehead atoms. The van der Waals surface area contributed by atoms with Gasteiger partial charge in [-0.05, 0) is 81.6 Å². The molecule has 6 aliphatic rings. The lowest BCUT2D eigenvalue weighted by Crippen LogP contribution is -2.36. The minimum Gasteiger partial charge on any atom is -0.493 e. The fraction of sp³-hybridized carbons (Fsp3) is 0.235. The molecule has 0 spiro atoms. The Balaban J connectivity index is 1.09. The van der Waals surface area contributed by atoms with Gasteiger partial charge in [0.05, 0.1) is 13.2 Å². The first-order valence-electron chi connectivity index (χ1n) is 20.3. The average Bonchev–Trinajstić information content (AvgIpc) is 3.73. The quantitative estimate of drug-likeness (QED) is 0.104. The van der Waals surface area contributed by atoms with Gasteiger partial charge in [-0.15, -0.1) is 0 Å². The molecule has 0 amide bonds. The Hall–Kier alpha value is -5.87. The number of ether oxygens (including phenoxy) is 2. The Morgan fingerprint density at radius 3 is 1.33 bits per heavy atom. The van der Waals surface area contributed by atoms with Crippen molar-refractivity contribution >= 4 is 0 Å². The molecule has 4 nitrogen and oxygen atoms in total. The zero-order chi connectivity index (χ0) is 36.6. The van der Waals surface area contributed by atoms with Crippen LogP contribution in [0.5, 0.6) is 11.5 Å². The van der Waals surface area contributed by atoms with Crippen LogP contribution in [0, 0.1) is 0 Å². The Bertz CT molecular complexity index is 2360. The van der Waals surface area contributed by atoms with E-state index in [-0.39, 0.29) is 23.7 Å². The summed E-state index contributed by atoms with van der Waals surface area (Å²) in [5, 5.41) is 0. The van der Waals surface area contributed by atoms with Gasteiger partial charge in [0, 0.05) is 45.9 Å². The SMILES string of the molecule is CCCCOc1ccc(-n2cc[n+](-c3ccc(OCCCC)c4c3C3c5ccccc5C4c4ccccc43)c2)c2c1C1c3ccccc3C2c2ccccc21. The smallest absolute Gasteiger partial charge is 0.254 e. The minimum atomic E-state index is 0.129. The molecule has 4 heteroatoms. The maximum absolute atomic E-state index is 6.66. The minimum absolute atomic E-state index is 0.129. The van der Waals surface area contributed by atoms with Crippen molar-refractivity contribution in [2.75, 3.05) is 13.2 Å². The highest BCUT2D eigenvalue weighted by atomic mass is 16.5. The molecule has 6 aromatic carbocycles. The van der Waals surface area contributed by atoms with Gasteiger partial charge >= 0.3 is 0 Å². The van der Waals surface area contributed by atoms with E-state index in [2.05, 4.69) is 163 Å². The standard InChI is InChI=1S/C51H45N2O2/c1-3-5-29-54-42-25-23-40(48-44-32-15-7-11-19-36(32)46(50(42)48)37-20-12-8-16-33(37)44)52-27-28-53(31-52)41-24-26-43(55-30-6-4-2)51-47-38-21-13-9-17-34(38)45(49(41)51)35-18-10-14-22-39(35)47/h7-28,31,44-47H,3-6,29-30H2,1-2H3/q+1.